The van der Waals surface area contributed by atoms with E-state index in [-0.39, 0.29) is 4.83 Å². The van der Waals surface area contributed by atoms with Crippen LogP contribution in [0.3, 0.4) is 0 Å². The molecule has 0 aliphatic heterocycles. The van der Waals surface area contributed by atoms with Gasteiger partial charge >= 0.3 is 0 Å². The molecule has 0 aliphatic carbocycles. The van der Waals surface area contributed by atoms with Gasteiger partial charge < -0.3 is 0 Å². The van der Waals surface area contributed by atoms with Gasteiger partial charge in [0.25, 0.3) is 0 Å². The van der Waals surface area contributed by atoms with Gasteiger partial charge in [-0.1, -0.05) is 77.8 Å². The Morgan fingerprint density at radius 2 is 1.65 bits per heavy atom. The zero-order valence-electron chi connectivity index (χ0n) is 12.2. The van der Waals surface area contributed by atoms with E-state index in [9.17, 15) is 0 Å². The normalized spacial score (nSPS) is 14.1. The molecule has 2 atom stereocenters. The van der Waals surface area contributed by atoms with Crippen LogP contribution in [0.15, 0.2) is 42.5 Å². The van der Waals surface area contributed by atoms with Gasteiger partial charge in [0.1, 0.15) is 0 Å². The lowest BCUT2D eigenvalue weighted by molar-refractivity contribution is 0.733. The van der Waals surface area contributed by atoms with Gasteiger partial charge in [-0.2, -0.15) is 0 Å². The number of hydrogen-bond donors (Lipinski definition) is 0. The summed E-state index contributed by atoms with van der Waals surface area (Å²) in [5.74, 6) is 0.612. The second kappa shape index (κ2) is 6.78. The standard InChI is InChI=1S/C18H20BrCl/c1-4-13(3)14-6-8-15(9-7-14)18(19)16-10-5-12(2)11-17(16)20/h5-11,13,18H,4H2,1-3H3. The van der Waals surface area contributed by atoms with E-state index in [0.29, 0.717) is 5.92 Å². The van der Waals surface area contributed by atoms with Gasteiger partial charge in [-0.25, -0.2) is 0 Å². The predicted octanol–water partition coefficient (Wildman–Crippen LogP) is 6.65. The van der Waals surface area contributed by atoms with Gasteiger partial charge in [0.2, 0.25) is 0 Å². The fourth-order valence-corrected chi connectivity index (χ4v) is 3.43. The molecule has 0 saturated carbocycles. The van der Waals surface area contributed by atoms with Gasteiger partial charge in [0, 0.05) is 5.02 Å². The molecule has 0 bridgehead atoms. The summed E-state index contributed by atoms with van der Waals surface area (Å²) in [4.78, 5) is 0.140. The molecular formula is C18H20BrCl. The number of hydrogen-bond acceptors (Lipinski definition) is 0. The molecule has 0 saturated heterocycles. The van der Waals surface area contributed by atoms with Crippen LogP contribution < -0.4 is 0 Å². The maximum absolute atomic E-state index is 6.35. The Labute approximate surface area is 135 Å². The SMILES string of the molecule is CCC(C)c1ccc(C(Br)c2ccc(C)cc2Cl)cc1. The van der Waals surface area contributed by atoms with Crippen molar-refractivity contribution in [2.24, 2.45) is 0 Å². The monoisotopic (exact) mass is 350 g/mol. The highest BCUT2D eigenvalue weighted by atomic mass is 79.9. The molecule has 20 heavy (non-hydrogen) atoms. The number of rotatable bonds is 4. The Morgan fingerprint density at radius 3 is 2.20 bits per heavy atom. The minimum absolute atomic E-state index is 0.140. The third-order valence-electron chi connectivity index (χ3n) is 3.84. The lowest BCUT2D eigenvalue weighted by atomic mass is 9.96. The van der Waals surface area contributed by atoms with E-state index in [1.54, 1.807) is 0 Å². The first-order valence-corrected chi connectivity index (χ1v) is 8.32. The van der Waals surface area contributed by atoms with Gasteiger partial charge in [-0.15, -0.1) is 0 Å². The van der Waals surface area contributed by atoms with Gasteiger partial charge in [0.15, 0.2) is 0 Å². The average Bonchev–Trinajstić information content (AvgIpc) is 2.46. The van der Waals surface area contributed by atoms with Crippen LogP contribution >= 0.6 is 27.5 Å². The summed E-state index contributed by atoms with van der Waals surface area (Å²) >= 11 is 10.1. The fraction of sp³-hybridized carbons (Fsp3) is 0.333. The zero-order valence-corrected chi connectivity index (χ0v) is 14.5. The van der Waals surface area contributed by atoms with Crippen molar-refractivity contribution < 1.29 is 0 Å². The quantitative estimate of drug-likeness (QED) is 0.541. The van der Waals surface area contributed by atoms with E-state index in [1.165, 1.54) is 23.1 Å². The summed E-state index contributed by atoms with van der Waals surface area (Å²) in [6.07, 6.45) is 1.17. The van der Waals surface area contributed by atoms with Gasteiger partial charge in [0.05, 0.1) is 4.83 Å². The van der Waals surface area contributed by atoms with Crippen molar-refractivity contribution in [3.63, 3.8) is 0 Å². The minimum Gasteiger partial charge on any atom is -0.0840 e. The van der Waals surface area contributed by atoms with Crippen molar-refractivity contribution >= 4 is 27.5 Å². The van der Waals surface area contributed by atoms with Crippen molar-refractivity contribution in [1.82, 2.24) is 0 Å². The molecule has 0 radical (unpaired) electrons. The van der Waals surface area contributed by atoms with E-state index in [0.717, 1.165) is 10.6 Å². The van der Waals surface area contributed by atoms with E-state index in [4.69, 9.17) is 11.6 Å². The molecular weight excluding hydrogens is 332 g/mol. The molecule has 0 fully saturated rings. The van der Waals surface area contributed by atoms with E-state index in [1.807, 2.05) is 6.07 Å². The van der Waals surface area contributed by atoms with Crippen LogP contribution in [0.2, 0.25) is 5.02 Å². The first kappa shape index (κ1) is 15.6. The maximum atomic E-state index is 6.35. The highest BCUT2D eigenvalue weighted by Gasteiger charge is 2.14. The van der Waals surface area contributed by atoms with E-state index < -0.39 is 0 Å². The summed E-state index contributed by atoms with van der Waals surface area (Å²) in [7, 11) is 0. The molecule has 0 N–H and O–H groups in total. The third kappa shape index (κ3) is 3.45. The number of benzene rings is 2. The summed E-state index contributed by atoms with van der Waals surface area (Å²) in [5, 5.41) is 0.817. The molecule has 0 aromatic heterocycles. The highest BCUT2D eigenvalue weighted by Crippen LogP contribution is 2.36. The molecule has 2 aromatic carbocycles. The summed E-state index contributed by atoms with van der Waals surface area (Å²) in [6.45, 7) is 6.54. The summed E-state index contributed by atoms with van der Waals surface area (Å²) in [6, 6.07) is 15.0. The predicted molar refractivity (Wildman–Crippen MR) is 92.1 cm³/mol. The Kier molecular flexibility index (Phi) is 5.29. The van der Waals surface area contributed by atoms with E-state index in [2.05, 4.69) is 73.1 Å². The molecule has 0 heterocycles. The molecule has 2 heteroatoms. The molecule has 2 rings (SSSR count). The highest BCUT2D eigenvalue weighted by molar-refractivity contribution is 9.09. The lowest BCUT2D eigenvalue weighted by Crippen LogP contribution is -1.96. The summed E-state index contributed by atoms with van der Waals surface area (Å²) < 4.78 is 0. The van der Waals surface area contributed by atoms with Crippen LogP contribution in [0.25, 0.3) is 0 Å². The van der Waals surface area contributed by atoms with Crippen LogP contribution in [-0.2, 0) is 0 Å². The van der Waals surface area contributed by atoms with Crippen LogP contribution in [0.5, 0.6) is 0 Å². The average molecular weight is 352 g/mol. The topological polar surface area (TPSA) is 0 Å². The number of alkyl halides is 1. The minimum atomic E-state index is 0.140. The first-order chi connectivity index (χ1) is 9.52. The second-order valence-corrected chi connectivity index (χ2v) is 6.69. The Hall–Kier alpha value is -0.790. The van der Waals surface area contributed by atoms with Crippen molar-refractivity contribution in [3.05, 3.63) is 69.7 Å². The largest absolute Gasteiger partial charge is 0.0840 e. The Bertz CT molecular complexity index is 574. The smallest absolute Gasteiger partial charge is 0.0659 e. The number of halogens is 2. The fourth-order valence-electron chi connectivity index (χ4n) is 2.25. The third-order valence-corrected chi connectivity index (χ3v) is 5.19. The van der Waals surface area contributed by atoms with E-state index >= 15 is 0 Å². The summed E-state index contributed by atoms with van der Waals surface area (Å²) in [5.41, 5.74) is 4.94. The Balaban J connectivity index is 2.26. The molecule has 2 aromatic rings. The molecule has 0 spiro atoms. The van der Waals surface area contributed by atoms with Crippen LogP contribution in [0.1, 0.15) is 53.3 Å². The van der Waals surface area contributed by atoms with Crippen molar-refractivity contribution in [1.29, 1.82) is 0 Å². The molecule has 0 nitrogen and oxygen atoms in total. The molecule has 106 valence electrons. The first-order valence-electron chi connectivity index (χ1n) is 7.03. The van der Waals surface area contributed by atoms with Crippen LogP contribution in [-0.4, -0.2) is 0 Å². The van der Waals surface area contributed by atoms with Gasteiger partial charge in [-0.05, 0) is 47.6 Å². The lowest BCUT2D eigenvalue weighted by Gasteiger charge is -2.15. The zero-order chi connectivity index (χ0) is 14.7. The molecule has 2 unspecified atom stereocenters. The van der Waals surface area contributed by atoms with Crippen LogP contribution in [0.4, 0.5) is 0 Å². The van der Waals surface area contributed by atoms with Crippen molar-refractivity contribution in [2.45, 2.75) is 37.9 Å². The van der Waals surface area contributed by atoms with Gasteiger partial charge in [-0.3, -0.25) is 0 Å². The molecule has 0 aliphatic rings. The van der Waals surface area contributed by atoms with Crippen LogP contribution in [0, 0.1) is 6.92 Å². The van der Waals surface area contributed by atoms with Crippen molar-refractivity contribution in [3.8, 4) is 0 Å². The molecule has 0 amide bonds. The Morgan fingerprint density at radius 1 is 1.05 bits per heavy atom. The van der Waals surface area contributed by atoms with Crippen molar-refractivity contribution in [2.75, 3.05) is 0 Å². The second-order valence-electron chi connectivity index (χ2n) is 5.36. The number of aryl methyl sites for hydroxylation is 1. The maximum Gasteiger partial charge on any atom is 0.0659 e.